The summed E-state index contributed by atoms with van der Waals surface area (Å²) in [6.07, 6.45) is 3.05. The summed E-state index contributed by atoms with van der Waals surface area (Å²) in [6, 6.07) is 13.7. The van der Waals surface area contributed by atoms with E-state index >= 15 is 0 Å². The summed E-state index contributed by atoms with van der Waals surface area (Å²) in [5.41, 5.74) is 5.99. The quantitative estimate of drug-likeness (QED) is 0.585. The molecule has 2 heterocycles. The molecule has 0 saturated heterocycles. The van der Waals surface area contributed by atoms with Crippen LogP contribution < -0.4 is 5.32 Å². The highest BCUT2D eigenvalue weighted by atomic mass is 16.5. The van der Waals surface area contributed by atoms with Crippen molar-refractivity contribution in [2.45, 2.75) is 33.6 Å². The van der Waals surface area contributed by atoms with Crippen LogP contribution in [0.2, 0.25) is 0 Å². The zero-order chi connectivity index (χ0) is 22.0. The normalized spacial score (nSPS) is 13.4. The molecule has 4 rings (SSSR count). The van der Waals surface area contributed by atoms with Crippen molar-refractivity contribution < 1.29 is 14.3 Å². The Balaban J connectivity index is 1.72. The summed E-state index contributed by atoms with van der Waals surface area (Å²) in [6.45, 7) is 6.54. The maximum absolute atomic E-state index is 13.2. The van der Waals surface area contributed by atoms with Crippen LogP contribution in [0.4, 0.5) is 10.5 Å². The predicted octanol–water partition coefficient (Wildman–Crippen LogP) is 5.03. The lowest BCUT2D eigenvalue weighted by Gasteiger charge is -2.21. The number of amides is 2. The number of hydrogen-bond donors (Lipinski definition) is 2. The second-order valence-electron chi connectivity index (χ2n) is 7.62. The van der Waals surface area contributed by atoms with E-state index < -0.39 is 5.97 Å². The van der Waals surface area contributed by atoms with Gasteiger partial charge in [-0.2, -0.15) is 0 Å². The summed E-state index contributed by atoms with van der Waals surface area (Å²) in [5, 5.41) is 4.11. The number of benzene rings is 2. The van der Waals surface area contributed by atoms with Crippen molar-refractivity contribution in [3.05, 3.63) is 71.0 Å². The molecule has 0 atom stereocenters. The Bertz CT molecular complexity index is 1180. The van der Waals surface area contributed by atoms with E-state index in [2.05, 4.69) is 17.2 Å². The second-order valence-corrected chi connectivity index (χ2v) is 7.62. The largest absolute Gasteiger partial charge is 0.462 e. The van der Waals surface area contributed by atoms with E-state index in [1.807, 2.05) is 49.4 Å². The number of aromatic nitrogens is 1. The molecule has 3 aromatic rings. The fourth-order valence-corrected chi connectivity index (χ4v) is 4.11. The first-order valence-electron chi connectivity index (χ1n) is 10.7. The number of urea groups is 1. The lowest BCUT2D eigenvalue weighted by atomic mass is 10.0. The molecular weight excluding hydrogens is 390 g/mol. The number of rotatable bonds is 4. The van der Waals surface area contributed by atoms with Gasteiger partial charge >= 0.3 is 12.0 Å². The summed E-state index contributed by atoms with van der Waals surface area (Å²) >= 11 is 0. The Hall–Kier alpha value is -3.54. The number of esters is 1. The highest BCUT2D eigenvalue weighted by molar-refractivity contribution is 6.18. The van der Waals surface area contributed by atoms with Gasteiger partial charge in [0.05, 0.1) is 17.9 Å². The molecule has 2 aromatic carbocycles. The fourth-order valence-electron chi connectivity index (χ4n) is 4.11. The van der Waals surface area contributed by atoms with Crippen LogP contribution in [0.15, 0.2) is 48.7 Å². The number of nitrogens with zero attached hydrogens (tertiary/aromatic N) is 1. The summed E-state index contributed by atoms with van der Waals surface area (Å²) in [7, 11) is 0. The molecule has 0 radical (unpaired) electrons. The molecule has 0 fully saturated rings. The van der Waals surface area contributed by atoms with Crippen LogP contribution in [0.25, 0.3) is 16.5 Å². The van der Waals surface area contributed by atoms with Gasteiger partial charge in [0, 0.05) is 29.3 Å². The molecule has 1 aromatic heterocycles. The SMILES string of the molecule is CCOC(=O)C1=CN(C(=O)Nc2c(C)cccc2CC)CCc2c1[nH]c1ccccc21. The minimum absolute atomic E-state index is 0.264. The highest BCUT2D eigenvalue weighted by Gasteiger charge is 2.27. The van der Waals surface area contributed by atoms with E-state index in [0.29, 0.717) is 18.5 Å². The topological polar surface area (TPSA) is 74.4 Å². The van der Waals surface area contributed by atoms with Gasteiger partial charge in [0.25, 0.3) is 0 Å². The Morgan fingerprint density at radius 3 is 2.71 bits per heavy atom. The van der Waals surface area contributed by atoms with Gasteiger partial charge in [-0.15, -0.1) is 0 Å². The molecule has 0 bridgehead atoms. The summed E-state index contributed by atoms with van der Waals surface area (Å²) in [5.74, 6) is -0.444. The van der Waals surface area contributed by atoms with Gasteiger partial charge < -0.3 is 15.0 Å². The summed E-state index contributed by atoms with van der Waals surface area (Å²) < 4.78 is 5.31. The van der Waals surface area contributed by atoms with Crippen molar-refractivity contribution in [1.82, 2.24) is 9.88 Å². The third-order valence-corrected chi connectivity index (χ3v) is 5.70. The first-order chi connectivity index (χ1) is 15.0. The van der Waals surface area contributed by atoms with E-state index in [1.54, 1.807) is 18.0 Å². The van der Waals surface area contributed by atoms with Crippen LogP contribution in [0.3, 0.4) is 0 Å². The number of anilines is 1. The number of carbonyl (C=O) groups is 2. The van der Waals surface area contributed by atoms with Gasteiger partial charge in [0.2, 0.25) is 0 Å². The summed E-state index contributed by atoms with van der Waals surface area (Å²) in [4.78, 5) is 30.9. The van der Waals surface area contributed by atoms with Gasteiger partial charge in [0.1, 0.15) is 0 Å². The van der Waals surface area contributed by atoms with Crippen molar-refractivity contribution in [3.63, 3.8) is 0 Å². The number of hydrogen-bond acceptors (Lipinski definition) is 3. The van der Waals surface area contributed by atoms with E-state index in [1.165, 1.54) is 0 Å². The molecule has 0 aliphatic carbocycles. The van der Waals surface area contributed by atoms with Crippen molar-refractivity contribution in [3.8, 4) is 0 Å². The molecule has 1 aliphatic heterocycles. The van der Waals surface area contributed by atoms with E-state index in [9.17, 15) is 9.59 Å². The third-order valence-electron chi connectivity index (χ3n) is 5.70. The van der Waals surface area contributed by atoms with Crippen LogP contribution in [-0.2, 0) is 22.4 Å². The van der Waals surface area contributed by atoms with E-state index in [0.717, 1.165) is 45.4 Å². The first kappa shape index (κ1) is 20.7. The standard InChI is InChI=1S/C25H27N3O3/c1-4-17-10-8-9-16(3)22(17)27-25(30)28-14-13-19-18-11-6-7-12-21(18)26-23(19)20(15-28)24(29)31-5-2/h6-12,15,26H,4-5,13-14H2,1-3H3,(H,27,30). The van der Waals surface area contributed by atoms with Gasteiger partial charge in [-0.05, 0) is 49.4 Å². The maximum Gasteiger partial charge on any atom is 0.341 e. The molecule has 6 heteroatoms. The van der Waals surface area contributed by atoms with Gasteiger partial charge in [-0.1, -0.05) is 43.3 Å². The van der Waals surface area contributed by atoms with Crippen molar-refractivity contribution in [2.75, 3.05) is 18.5 Å². The van der Waals surface area contributed by atoms with E-state index in [4.69, 9.17) is 4.74 Å². The Kier molecular flexibility index (Phi) is 5.80. The number of aryl methyl sites for hydroxylation is 2. The molecular formula is C25H27N3O3. The average Bonchev–Trinajstić information content (AvgIpc) is 3.02. The third kappa shape index (κ3) is 3.93. The number of nitrogens with one attached hydrogen (secondary N) is 2. The minimum Gasteiger partial charge on any atom is -0.462 e. The van der Waals surface area contributed by atoms with E-state index in [-0.39, 0.29) is 12.6 Å². The number of aromatic amines is 1. The zero-order valence-electron chi connectivity index (χ0n) is 18.1. The molecule has 0 saturated carbocycles. The van der Waals surface area contributed by atoms with Crippen molar-refractivity contribution in [2.24, 2.45) is 0 Å². The number of carbonyl (C=O) groups excluding carboxylic acids is 2. The number of ether oxygens (including phenoxy) is 1. The average molecular weight is 418 g/mol. The van der Waals surface area contributed by atoms with Gasteiger partial charge in [0.15, 0.2) is 0 Å². The van der Waals surface area contributed by atoms with Crippen LogP contribution in [-0.4, -0.2) is 35.0 Å². The Morgan fingerprint density at radius 2 is 1.94 bits per heavy atom. The fraction of sp³-hybridized carbons (Fsp3) is 0.280. The van der Waals surface area contributed by atoms with Gasteiger partial charge in [-0.25, -0.2) is 9.59 Å². The number of para-hydroxylation sites is 2. The molecule has 31 heavy (non-hydrogen) atoms. The molecule has 2 N–H and O–H groups in total. The maximum atomic E-state index is 13.2. The molecule has 0 spiro atoms. The zero-order valence-corrected chi connectivity index (χ0v) is 18.1. The highest BCUT2D eigenvalue weighted by Crippen LogP contribution is 2.32. The van der Waals surface area contributed by atoms with Crippen LogP contribution in [0, 0.1) is 6.92 Å². The molecule has 2 amide bonds. The van der Waals surface area contributed by atoms with Crippen LogP contribution >= 0.6 is 0 Å². The number of H-pyrrole nitrogens is 1. The molecule has 160 valence electrons. The minimum atomic E-state index is -0.444. The molecule has 0 unspecified atom stereocenters. The predicted molar refractivity (Wildman–Crippen MR) is 123 cm³/mol. The molecule has 6 nitrogen and oxygen atoms in total. The Labute approximate surface area is 181 Å². The Morgan fingerprint density at radius 1 is 1.13 bits per heavy atom. The monoisotopic (exact) mass is 417 g/mol. The van der Waals surface area contributed by atoms with Crippen molar-refractivity contribution >= 4 is 34.2 Å². The first-order valence-corrected chi connectivity index (χ1v) is 10.7. The molecule has 1 aliphatic rings. The van der Waals surface area contributed by atoms with Crippen molar-refractivity contribution in [1.29, 1.82) is 0 Å². The number of fused-ring (bicyclic) bond motifs is 3. The van der Waals surface area contributed by atoms with Crippen LogP contribution in [0.5, 0.6) is 0 Å². The van der Waals surface area contributed by atoms with Crippen LogP contribution in [0.1, 0.15) is 36.2 Å². The lowest BCUT2D eigenvalue weighted by molar-refractivity contribution is -0.136. The lowest BCUT2D eigenvalue weighted by Crippen LogP contribution is -2.32. The second kappa shape index (κ2) is 8.68. The van der Waals surface area contributed by atoms with Gasteiger partial charge in [-0.3, -0.25) is 4.90 Å². The smallest absolute Gasteiger partial charge is 0.341 e.